The molecule has 3 heteroatoms. The van der Waals surface area contributed by atoms with Crippen molar-refractivity contribution in [2.45, 2.75) is 26.2 Å². The van der Waals surface area contributed by atoms with Gasteiger partial charge in [-0.1, -0.05) is 0 Å². The van der Waals surface area contributed by atoms with Crippen molar-refractivity contribution in [1.82, 2.24) is 0 Å². The molecule has 0 unspecified atom stereocenters. The van der Waals surface area contributed by atoms with E-state index in [1.165, 1.54) is 5.56 Å². The van der Waals surface area contributed by atoms with Crippen LogP contribution in [0.1, 0.15) is 34.6 Å². The summed E-state index contributed by atoms with van der Waals surface area (Å²) in [6, 6.07) is 2.05. The molecule has 0 fully saturated rings. The number of primary amides is 1. The summed E-state index contributed by atoms with van der Waals surface area (Å²) in [6.07, 6.45) is 3.32. The molecule has 12 heavy (non-hydrogen) atoms. The second-order valence-electron chi connectivity index (χ2n) is 2.74. The van der Waals surface area contributed by atoms with Gasteiger partial charge in [0.15, 0.2) is 0 Å². The zero-order valence-electron chi connectivity index (χ0n) is 7.17. The number of rotatable bonds is 4. The Hall–Kier alpha value is -0.531. The molecule has 1 aromatic rings. The second-order valence-corrected chi connectivity index (χ2v) is 4.66. The molecule has 2 N–H and O–H groups in total. The average Bonchev–Trinajstić information content (AvgIpc) is 2.48. The maximum atomic E-state index is 10.9. The quantitative estimate of drug-likeness (QED) is 0.775. The molecule has 0 saturated carbocycles. The molecule has 2 nitrogen and oxygen atoms in total. The molecule has 0 aliphatic rings. The molecule has 0 aliphatic heterocycles. The van der Waals surface area contributed by atoms with Gasteiger partial charge in [0.25, 0.3) is 0 Å². The number of hydrogen-bond donors (Lipinski definition) is 1. The van der Waals surface area contributed by atoms with Gasteiger partial charge in [-0.05, 0) is 0 Å². The summed E-state index contributed by atoms with van der Waals surface area (Å²) in [4.78, 5) is 13.0. The van der Waals surface area contributed by atoms with Crippen LogP contribution in [0, 0.1) is 0 Å². The number of carbonyl (C=O) groups is 1. The first-order chi connectivity index (χ1) is 5.75. The number of nitrogens with two attached hydrogens (primary N) is 1. The number of aryl methyl sites for hydroxylation is 1. The standard InChI is InChI=1S/C9H13NOSe/c1-2-3-4-7-5-6-12-8(7)9(10)11/h5-6H,2-4H2,1H3,(H2,10,11). The second kappa shape index (κ2) is 4.48. The number of unbranched alkanes of at least 4 members (excludes halogenated alkanes) is 1. The van der Waals surface area contributed by atoms with E-state index in [1.807, 2.05) is 0 Å². The molecule has 1 rings (SSSR count). The number of amides is 1. The van der Waals surface area contributed by atoms with Crippen LogP contribution in [-0.4, -0.2) is 20.4 Å². The van der Waals surface area contributed by atoms with Crippen LogP contribution in [0.4, 0.5) is 0 Å². The third-order valence-corrected chi connectivity index (χ3v) is 3.81. The summed E-state index contributed by atoms with van der Waals surface area (Å²) < 4.78 is 0.871. The zero-order chi connectivity index (χ0) is 8.97. The van der Waals surface area contributed by atoms with Crippen LogP contribution in [0.15, 0.2) is 11.0 Å². The SMILES string of the molecule is CCCCc1cc[se]c1C(N)=O. The van der Waals surface area contributed by atoms with Crippen molar-refractivity contribution in [1.29, 1.82) is 0 Å². The Bertz CT molecular complexity index is 267. The van der Waals surface area contributed by atoms with Gasteiger partial charge in [-0.2, -0.15) is 0 Å². The molecule has 0 saturated heterocycles. The Morgan fingerprint density at radius 2 is 2.42 bits per heavy atom. The molecular formula is C9H13NOSe. The minimum absolute atomic E-state index is 0.203. The minimum atomic E-state index is -0.230. The Balaban J connectivity index is 2.70. The Morgan fingerprint density at radius 3 is 3.00 bits per heavy atom. The zero-order valence-corrected chi connectivity index (χ0v) is 8.88. The van der Waals surface area contributed by atoms with Crippen LogP contribution in [-0.2, 0) is 6.42 Å². The number of carbonyl (C=O) groups excluding carboxylic acids is 1. The van der Waals surface area contributed by atoms with E-state index in [0.29, 0.717) is 0 Å². The molecule has 1 amide bonds. The van der Waals surface area contributed by atoms with Gasteiger partial charge < -0.3 is 0 Å². The van der Waals surface area contributed by atoms with E-state index in [4.69, 9.17) is 5.73 Å². The fraction of sp³-hybridized carbons (Fsp3) is 0.444. The van der Waals surface area contributed by atoms with Crippen molar-refractivity contribution in [3.05, 3.63) is 21.0 Å². The van der Waals surface area contributed by atoms with E-state index in [2.05, 4.69) is 17.9 Å². The Kier molecular flexibility index (Phi) is 3.57. The molecule has 66 valence electrons. The molecule has 0 aromatic carbocycles. The van der Waals surface area contributed by atoms with Gasteiger partial charge >= 0.3 is 78.1 Å². The topological polar surface area (TPSA) is 43.1 Å². The monoisotopic (exact) mass is 231 g/mol. The fourth-order valence-electron chi connectivity index (χ4n) is 1.12. The normalized spacial score (nSPS) is 10.1. The summed E-state index contributed by atoms with van der Waals surface area (Å²) in [6.45, 7) is 2.15. The molecule has 0 spiro atoms. The molecule has 0 aliphatic carbocycles. The van der Waals surface area contributed by atoms with Crippen molar-refractivity contribution in [2.24, 2.45) is 5.73 Å². The Morgan fingerprint density at radius 1 is 1.67 bits per heavy atom. The first-order valence-corrected chi connectivity index (χ1v) is 5.96. The van der Waals surface area contributed by atoms with Crippen molar-refractivity contribution >= 4 is 20.4 Å². The van der Waals surface area contributed by atoms with E-state index < -0.39 is 0 Å². The predicted octanol–water partition coefficient (Wildman–Crippen LogP) is 1.19. The van der Waals surface area contributed by atoms with E-state index in [9.17, 15) is 4.79 Å². The third kappa shape index (κ3) is 2.23. The first kappa shape index (κ1) is 9.56. The Labute approximate surface area is 78.5 Å². The van der Waals surface area contributed by atoms with Crippen LogP contribution in [0.2, 0.25) is 0 Å². The summed E-state index contributed by atoms with van der Waals surface area (Å²) in [5.41, 5.74) is 6.41. The van der Waals surface area contributed by atoms with E-state index in [-0.39, 0.29) is 20.4 Å². The van der Waals surface area contributed by atoms with Crippen LogP contribution < -0.4 is 5.73 Å². The molecule has 0 bridgehead atoms. The first-order valence-electron chi connectivity index (χ1n) is 4.12. The van der Waals surface area contributed by atoms with Gasteiger partial charge in [0.1, 0.15) is 0 Å². The maximum absolute atomic E-state index is 10.9. The molecule has 1 heterocycles. The summed E-state index contributed by atoms with van der Waals surface area (Å²) in [5.74, 6) is -0.230. The average molecular weight is 230 g/mol. The van der Waals surface area contributed by atoms with Crippen molar-refractivity contribution in [2.75, 3.05) is 0 Å². The van der Waals surface area contributed by atoms with Crippen LogP contribution in [0.25, 0.3) is 0 Å². The van der Waals surface area contributed by atoms with E-state index >= 15 is 0 Å². The van der Waals surface area contributed by atoms with Crippen LogP contribution in [0.3, 0.4) is 0 Å². The van der Waals surface area contributed by atoms with Crippen molar-refractivity contribution in [3.63, 3.8) is 0 Å². The summed E-state index contributed by atoms with van der Waals surface area (Å²) in [7, 11) is 0. The van der Waals surface area contributed by atoms with E-state index in [1.54, 1.807) is 0 Å². The molecule has 0 atom stereocenters. The van der Waals surface area contributed by atoms with Crippen LogP contribution in [0.5, 0.6) is 0 Å². The third-order valence-electron chi connectivity index (χ3n) is 1.77. The van der Waals surface area contributed by atoms with Gasteiger partial charge in [-0.15, -0.1) is 0 Å². The van der Waals surface area contributed by atoms with Crippen molar-refractivity contribution in [3.8, 4) is 0 Å². The molecule has 0 radical (unpaired) electrons. The van der Waals surface area contributed by atoms with Gasteiger partial charge in [0.05, 0.1) is 0 Å². The van der Waals surface area contributed by atoms with Gasteiger partial charge in [0, 0.05) is 0 Å². The fourth-order valence-corrected chi connectivity index (χ4v) is 2.81. The number of hydrogen-bond acceptors (Lipinski definition) is 1. The molecule has 1 aromatic heterocycles. The van der Waals surface area contributed by atoms with Crippen LogP contribution >= 0.6 is 0 Å². The van der Waals surface area contributed by atoms with E-state index in [0.717, 1.165) is 23.7 Å². The van der Waals surface area contributed by atoms with Gasteiger partial charge in [-0.25, -0.2) is 0 Å². The summed E-state index contributed by atoms with van der Waals surface area (Å²) in [5, 5.41) is 0. The van der Waals surface area contributed by atoms with Gasteiger partial charge in [0.2, 0.25) is 0 Å². The van der Waals surface area contributed by atoms with Gasteiger partial charge in [-0.3, -0.25) is 0 Å². The molecular weight excluding hydrogens is 217 g/mol. The van der Waals surface area contributed by atoms with Crippen molar-refractivity contribution < 1.29 is 4.79 Å². The predicted molar refractivity (Wildman–Crippen MR) is 50.5 cm³/mol. The summed E-state index contributed by atoms with van der Waals surface area (Å²) >= 11 is 0.203.